The molecule has 2 aromatic carbocycles. The van der Waals surface area contributed by atoms with Gasteiger partial charge in [-0.05, 0) is 45.9 Å². The molecule has 0 spiro atoms. The van der Waals surface area contributed by atoms with Gasteiger partial charge in [0.25, 0.3) is 0 Å². The molecule has 0 bridgehead atoms. The number of nitrogens with one attached hydrogen (secondary N) is 1. The number of fused-ring (bicyclic) bond motifs is 1. The Kier molecular flexibility index (Phi) is 4.90. The van der Waals surface area contributed by atoms with Crippen molar-refractivity contribution in [2.24, 2.45) is 0 Å². The first-order chi connectivity index (χ1) is 9.47. The predicted octanol–water partition coefficient (Wildman–Crippen LogP) is 4.65. The molecule has 20 heavy (non-hydrogen) atoms. The van der Waals surface area contributed by atoms with Gasteiger partial charge in [0.1, 0.15) is 5.75 Å². The van der Waals surface area contributed by atoms with Crippen LogP contribution in [0.4, 0.5) is 0 Å². The van der Waals surface area contributed by atoms with E-state index in [-0.39, 0.29) is 5.54 Å². The summed E-state index contributed by atoms with van der Waals surface area (Å²) in [7, 11) is 0. The van der Waals surface area contributed by atoms with E-state index in [0.717, 1.165) is 34.5 Å². The number of halogens is 1. The summed E-state index contributed by atoms with van der Waals surface area (Å²) in [6, 6.07) is 11.9. The van der Waals surface area contributed by atoms with Crippen LogP contribution in [0.3, 0.4) is 0 Å². The van der Waals surface area contributed by atoms with Gasteiger partial charge < -0.3 is 10.1 Å². The Morgan fingerprint density at radius 2 is 1.75 bits per heavy atom. The first kappa shape index (κ1) is 15.1. The van der Waals surface area contributed by atoms with Gasteiger partial charge in [0, 0.05) is 21.3 Å². The topological polar surface area (TPSA) is 21.3 Å². The molecule has 0 saturated carbocycles. The lowest BCUT2D eigenvalue weighted by Gasteiger charge is -2.20. The molecule has 0 atom stereocenters. The number of ether oxygens (including phenoxy) is 1. The van der Waals surface area contributed by atoms with E-state index in [1.807, 2.05) is 36.4 Å². The van der Waals surface area contributed by atoms with Crippen LogP contribution in [0, 0.1) is 0 Å². The Balaban J connectivity index is 1.95. The van der Waals surface area contributed by atoms with E-state index in [0.29, 0.717) is 6.61 Å². The van der Waals surface area contributed by atoms with Crippen LogP contribution in [-0.2, 0) is 0 Å². The summed E-state index contributed by atoms with van der Waals surface area (Å²) in [5, 5.41) is 6.33. The zero-order valence-electron chi connectivity index (χ0n) is 12.4. The van der Waals surface area contributed by atoms with Gasteiger partial charge in [-0.15, -0.1) is 0 Å². The minimum Gasteiger partial charge on any atom is -0.493 e. The smallest absolute Gasteiger partial charge is 0.127 e. The molecule has 0 aromatic heterocycles. The first-order valence-corrected chi connectivity index (χ1v) is 7.40. The normalized spacial score (nSPS) is 11.8. The number of hydrogen-bond donors (Lipinski definition) is 1. The van der Waals surface area contributed by atoms with Gasteiger partial charge in [-0.25, -0.2) is 0 Å². The van der Waals surface area contributed by atoms with Gasteiger partial charge >= 0.3 is 0 Å². The van der Waals surface area contributed by atoms with Crippen LogP contribution < -0.4 is 10.1 Å². The van der Waals surface area contributed by atoms with E-state index in [9.17, 15) is 0 Å². The summed E-state index contributed by atoms with van der Waals surface area (Å²) >= 11 is 6.20. The molecule has 0 unspecified atom stereocenters. The average Bonchev–Trinajstić information content (AvgIpc) is 2.40. The maximum absolute atomic E-state index is 6.20. The van der Waals surface area contributed by atoms with Gasteiger partial charge in [0.15, 0.2) is 0 Å². The quantitative estimate of drug-likeness (QED) is 0.810. The van der Waals surface area contributed by atoms with Crippen LogP contribution in [0.5, 0.6) is 5.75 Å². The second-order valence-electron chi connectivity index (χ2n) is 5.97. The van der Waals surface area contributed by atoms with Crippen molar-refractivity contribution in [1.29, 1.82) is 0 Å². The molecule has 3 heteroatoms. The lowest BCUT2D eigenvalue weighted by atomic mass is 10.1. The molecule has 0 fully saturated rings. The minimum absolute atomic E-state index is 0.160. The van der Waals surface area contributed by atoms with Gasteiger partial charge in [-0.2, -0.15) is 0 Å². The molecule has 0 saturated heterocycles. The highest BCUT2D eigenvalue weighted by molar-refractivity contribution is 6.35. The van der Waals surface area contributed by atoms with Crippen molar-refractivity contribution in [3.8, 4) is 5.75 Å². The van der Waals surface area contributed by atoms with E-state index in [1.54, 1.807) is 0 Å². The SMILES string of the molecule is CC(C)(C)NCCCOc1ccc(Cl)c2ccccc12. The average molecular weight is 292 g/mol. The molecule has 0 aliphatic rings. The van der Waals surface area contributed by atoms with Gasteiger partial charge in [-0.1, -0.05) is 35.9 Å². The third-order valence-corrected chi connectivity index (χ3v) is 3.39. The summed E-state index contributed by atoms with van der Waals surface area (Å²) in [5.74, 6) is 0.903. The van der Waals surface area contributed by atoms with E-state index >= 15 is 0 Å². The van der Waals surface area contributed by atoms with Crippen molar-refractivity contribution in [3.63, 3.8) is 0 Å². The van der Waals surface area contributed by atoms with Gasteiger partial charge in [-0.3, -0.25) is 0 Å². The summed E-state index contributed by atoms with van der Waals surface area (Å²) in [6.07, 6.45) is 0.980. The van der Waals surface area contributed by atoms with Crippen LogP contribution >= 0.6 is 11.6 Å². The second-order valence-corrected chi connectivity index (χ2v) is 6.38. The van der Waals surface area contributed by atoms with E-state index in [2.05, 4.69) is 26.1 Å². The van der Waals surface area contributed by atoms with E-state index in [1.165, 1.54) is 0 Å². The standard InChI is InChI=1S/C17H22ClNO/c1-17(2,3)19-11-6-12-20-16-10-9-15(18)13-7-4-5-8-14(13)16/h4-5,7-10,19H,6,11-12H2,1-3H3. The molecule has 2 aromatic rings. The maximum atomic E-state index is 6.20. The summed E-state index contributed by atoms with van der Waals surface area (Å²) in [5.41, 5.74) is 0.160. The molecule has 108 valence electrons. The predicted molar refractivity (Wildman–Crippen MR) is 86.8 cm³/mol. The Morgan fingerprint density at radius 1 is 1.05 bits per heavy atom. The zero-order chi connectivity index (χ0) is 14.6. The first-order valence-electron chi connectivity index (χ1n) is 7.02. The largest absolute Gasteiger partial charge is 0.493 e. The van der Waals surface area contributed by atoms with Crippen molar-refractivity contribution < 1.29 is 4.74 Å². The lowest BCUT2D eigenvalue weighted by molar-refractivity contribution is 0.301. The fraction of sp³-hybridized carbons (Fsp3) is 0.412. The number of hydrogen-bond acceptors (Lipinski definition) is 2. The van der Waals surface area contributed by atoms with Crippen molar-refractivity contribution >= 4 is 22.4 Å². The molecule has 2 nitrogen and oxygen atoms in total. The molecule has 1 N–H and O–H groups in total. The van der Waals surface area contributed by atoms with Crippen LogP contribution in [0.1, 0.15) is 27.2 Å². The summed E-state index contributed by atoms with van der Waals surface area (Å²) in [6.45, 7) is 8.16. The molecular formula is C17H22ClNO. The second kappa shape index (κ2) is 6.47. The fourth-order valence-corrected chi connectivity index (χ4v) is 2.31. The molecule has 0 radical (unpaired) electrons. The van der Waals surface area contributed by atoms with Gasteiger partial charge in [0.2, 0.25) is 0 Å². The van der Waals surface area contributed by atoms with Crippen LogP contribution in [0.2, 0.25) is 5.02 Å². The Bertz CT molecular complexity index is 575. The van der Waals surface area contributed by atoms with E-state index in [4.69, 9.17) is 16.3 Å². The Hall–Kier alpha value is -1.25. The highest BCUT2D eigenvalue weighted by atomic mass is 35.5. The monoisotopic (exact) mass is 291 g/mol. The summed E-state index contributed by atoms with van der Waals surface area (Å²) < 4.78 is 5.89. The van der Waals surface area contributed by atoms with Crippen LogP contribution in [0.15, 0.2) is 36.4 Å². The molecular weight excluding hydrogens is 270 g/mol. The third kappa shape index (κ3) is 4.12. The van der Waals surface area contributed by atoms with E-state index < -0.39 is 0 Å². The molecule has 0 heterocycles. The van der Waals surface area contributed by atoms with Crippen LogP contribution in [-0.4, -0.2) is 18.7 Å². The highest BCUT2D eigenvalue weighted by Gasteiger charge is 2.08. The molecule has 2 rings (SSSR count). The molecule has 0 aliphatic carbocycles. The third-order valence-electron chi connectivity index (χ3n) is 3.06. The minimum atomic E-state index is 0.160. The molecule has 0 amide bonds. The van der Waals surface area contributed by atoms with Crippen molar-refractivity contribution in [3.05, 3.63) is 41.4 Å². The number of benzene rings is 2. The number of rotatable bonds is 5. The summed E-state index contributed by atoms with van der Waals surface area (Å²) in [4.78, 5) is 0. The Labute approximate surface area is 126 Å². The van der Waals surface area contributed by atoms with Crippen molar-refractivity contribution in [2.45, 2.75) is 32.7 Å². The van der Waals surface area contributed by atoms with Gasteiger partial charge in [0.05, 0.1) is 6.61 Å². The van der Waals surface area contributed by atoms with Crippen molar-refractivity contribution in [2.75, 3.05) is 13.2 Å². The zero-order valence-corrected chi connectivity index (χ0v) is 13.1. The Morgan fingerprint density at radius 3 is 2.45 bits per heavy atom. The fourth-order valence-electron chi connectivity index (χ4n) is 2.08. The van der Waals surface area contributed by atoms with Crippen molar-refractivity contribution in [1.82, 2.24) is 5.32 Å². The highest BCUT2D eigenvalue weighted by Crippen LogP contribution is 2.31. The molecule has 0 aliphatic heterocycles. The maximum Gasteiger partial charge on any atom is 0.127 e. The van der Waals surface area contributed by atoms with Crippen LogP contribution in [0.25, 0.3) is 10.8 Å². The lowest BCUT2D eigenvalue weighted by Crippen LogP contribution is -2.36.